The monoisotopic (exact) mass is 245 g/mol. The molecule has 0 bridgehead atoms. The molecular formula is C12H8ClN3O. The van der Waals surface area contributed by atoms with Gasteiger partial charge in [-0.05, 0) is 41.2 Å². The average Bonchev–Trinajstić information content (AvgIpc) is 2.69. The van der Waals surface area contributed by atoms with Crippen LogP contribution in [0, 0.1) is 5.21 Å². The standard InChI is InChI=1S/C12H8ClN3O/c13-9-5-7-10(8-6-9)15-14-11-3-1-2-4-12(11)16(15)17/h1-8H. The Morgan fingerprint density at radius 3 is 2.47 bits per heavy atom. The third-order valence-corrected chi connectivity index (χ3v) is 2.77. The van der Waals surface area contributed by atoms with Gasteiger partial charge in [-0.3, -0.25) is 0 Å². The van der Waals surface area contributed by atoms with Gasteiger partial charge in [-0.25, -0.2) is 0 Å². The minimum absolute atomic E-state index is 0.544. The molecule has 1 heterocycles. The van der Waals surface area contributed by atoms with Crippen molar-refractivity contribution in [2.75, 3.05) is 0 Å². The van der Waals surface area contributed by atoms with Crippen LogP contribution in [0.15, 0.2) is 48.5 Å². The molecule has 2 aromatic carbocycles. The highest BCUT2D eigenvalue weighted by molar-refractivity contribution is 6.30. The Hall–Kier alpha value is -2.07. The van der Waals surface area contributed by atoms with Crippen molar-refractivity contribution in [2.45, 2.75) is 0 Å². The number of halogens is 1. The minimum atomic E-state index is 0.544. The molecule has 0 radical (unpaired) electrons. The van der Waals surface area contributed by atoms with Crippen LogP contribution < -0.4 is 4.85 Å². The summed E-state index contributed by atoms with van der Waals surface area (Å²) in [6, 6.07) is 14.2. The van der Waals surface area contributed by atoms with Crippen LogP contribution >= 0.6 is 11.6 Å². The normalized spacial score (nSPS) is 10.9. The highest BCUT2D eigenvalue weighted by Crippen LogP contribution is 2.13. The van der Waals surface area contributed by atoms with E-state index in [1.54, 1.807) is 36.4 Å². The van der Waals surface area contributed by atoms with Gasteiger partial charge in [0.2, 0.25) is 11.0 Å². The molecule has 0 spiro atoms. The van der Waals surface area contributed by atoms with Crippen LogP contribution in [0.5, 0.6) is 0 Å². The zero-order valence-corrected chi connectivity index (χ0v) is 9.50. The van der Waals surface area contributed by atoms with Gasteiger partial charge in [0, 0.05) is 5.02 Å². The van der Waals surface area contributed by atoms with E-state index in [-0.39, 0.29) is 0 Å². The predicted molar refractivity (Wildman–Crippen MR) is 65.0 cm³/mol. The summed E-state index contributed by atoms with van der Waals surface area (Å²) in [7, 11) is 0. The molecule has 0 saturated heterocycles. The first-order valence-electron chi connectivity index (χ1n) is 5.09. The number of nitrogens with zero attached hydrogens (tertiary/aromatic N) is 3. The third kappa shape index (κ3) is 1.62. The highest BCUT2D eigenvalue weighted by atomic mass is 35.5. The molecule has 4 nitrogen and oxygen atoms in total. The lowest BCUT2D eigenvalue weighted by Crippen LogP contribution is -2.37. The van der Waals surface area contributed by atoms with Crippen LogP contribution in [0.4, 0.5) is 0 Å². The van der Waals surface area contributed by atoms with Crippen molar-refractivity contribution in [3.8, 4) is 5.69 Å². The van der Waals surface area contributed by atoms with Crippen LogP contribution in [0.2, 0.25) is 5.02 Å². The van der Waals surface area contributed by atoms with Crippen molar-refractivity contribution in [2.24, 2.45) is 0 Å². The molecule has 5 heteroatoms. The number of aromatic nitrogens is 3. The number of hydrogen-bond donors (Lipinski definition) is 0. The molecule has 84 valence electrons. The van der Waals surface area contributed by atoms with Crippen LogP contribution in [-0.4, -0.2) is 9.90 Å². The number of fused-ring (bicyclic) bond motifs is 1. The molecule has 0 unspecified atom stereocenters. The van der Waals surface area contributed by atoms with Gasteiger partial charge in [-0.2, -0.15) is 0 Å². The fourth-order valence-corrected chi connectivity index (χ4v) is 1.82. The highest BCUT2D eigenvalue weighted by Gasteiger charge is 2.14. The summed E-state index contributed by atoms with van der Waals surface area (Å²) in [6.07, 6.45) is 0. The van der Waals surface area contributed by atoms with Crippen molar-refractivity contribution in [1.82, 2.24) is 9.90 Å². The lowest BCUT2D eigenvalue weighted by Gasteiger charge is -2.03. The van der Waals surface area contributed by atoms with Crippen LogP contribution in [-0.2, 0) is 0 Å². The topological polar surface area (TPSA) is 44.8 Å². The first kappa shape index (κ1) is 10.1. The summed E-state index contributed by atoms with van der Waals surface area (Å²) in [5, 5.41) is 16.9. The Kier molecular flexibility index (Phi) is 2.23. The first-order valence-corrected chi connectivity index (χ1v) is 5.47. The number of rotatable bonds is 1. The molecule has 0 aliphatic rings. The van der Waals surface area contributed by atoms with Gasteiger partial charge in [-0.15, -0.1) is 4.85 Å². The lowest BCUT2D eigenvalue weighted by atomic mass is 10.3. The molecule has 3 aromatic rings. The summed E-state index contributed by atoms with van der Waals surface area (Å²) in [4.78, 5) is 2.07. The Morgan fingerprint density at radius 2 is 1.76 bits per heavy atom. The molecule has 0 aliphatic carbocycles. The zero-order chi connectivity index (χ0) is 11.8. The van der Waals surface area contributed by atoms with E-state index in [2.05, 4.69) is 5.10 Å². The van der Waals surface area contributed by atoms with Gasteiger partial charge >= 0.3 is 0 Å². The van der Waals surface area contributed by atoms with Gasteiger partial charge in [0.15, 0.2) is 0 Å². The summed E-state index contributed by atoms with van der Waals surface area (Å²) < 4.78 is 0. The van der Waals surface area contributed by atoms with Crippen LogP contribution in [0.3, 0.4) is 0 Å². The Morgan fingerprint density at radius 1 is 1.06 bits per heavy atom. The fourth-order valence-electron chi connectivity index (χ4n) is 1.69. The second kappa shape index (κ2) is 3.75. The Bertz CT molecular complexity index is 676. The maximum Gasteiger partial charge on any atom is 0.250 e. The quantitative estimate of drug-likeness (QED) is 0.488. The molecule has 0 amide bonds. The third-order valence-electron chi connectivity index (χ3n) is 2.52. The van der Waals surface area contributed by atoms with E-state index >= 15 is 0 Å². The lowest BCUT2D eigenvalue weighted by molar-refractivity contribution is -0.664. The Balaban J connectivity index is 2.24. The molecule has 0 fully saturated rings. The van der Waals surface area contributed by atoms with Gasteiger partial charge in [0.05, 0.1) is 5.10 Å². The molecule has 0 atom stereocenters. The summed E-state index contributed by atoms with van der Waals surface area (Å²) >= 11 is 5.80. The molecule has 17 heavy (non-hydrogen) atoms. The van der Waals surface area contributed by atoms with E-state index in [1.165, 1.54) is 4.80 Å². The van der Waals surface area contributed by atoms with E-state index in [0.29, 0.717) is 21.7 Å². The molecule has 0 saturated carbocycles. The maximum atomic E-state index is 12.0. The minimum Gasteiger partial charge on any atom is -0.692 e. The van der Waals surface area contributed by atoms with E-state index in [0.717, 1.165) is 4.85 Å². The van der Waals surface area contributed by atoms with Crippen molar-refractivity contribution in [1.29, 1.82) is 0 Å². The average molecular weight is 246 g/mol. The van der Waals surface area contributed by atoms with Crippen molar-refractivity contribution < 1.29 is 4.85 Å². The van der Waals surface area contributed by atoms with Gasteiger partial charge < -0.3 is 5.21 Å². The fraction of sp³-hybridized carbons (Fsp3) is 0. The molecular weight excluding hydrogens is 238 g/mol. The summed E-state index contributed by atoms with van der Waals surface area (Å²) in [5.41, 5.74) is 1.89. The van der Waals surface area contributed by atoms with Crippen molar-refractivity contribution in [3.63, 3.8) is 0 Å². The van der Waals surface area contributed by atoms with E-state index in [9.17, 15) is 5.21 Å². The number of hydrogen-bond acceptors (Lipinski definition) is 2. The van der Waals surface area contributed by atoms with Gasteiger partial charge in [0.1, 0.15) is 5.69 Å². The maximum absolute atomic E-state index is 12.0. The summed E-state index contributed by atoms with van der Waals surface area (Å²) in [6.45, 7) is 0. The SMILES string of the molecule is [O-][n+]1c2ccccc2nn1-c1ccc(Cl)cc1. The van der Waals surface area contributed by atoms with E-state index in [1.807, 2.05) is 12.1 Å². The van der Waals surface area contributed by atoms with Crippen LogP contribution in [0.25, 0.3) is 16.7 Å². The van der Waals surface area contributed by atoms with Crippen LogP contribution in [0.1, 0.15) is 0 Å². The Labute approximate surface area is 102 Å². The second-order valence-corrected chi connectivity index (χ2v) is 4.06. The molecule has 0 aliphatic heterocycles. The summed E-state index contributed by atoms with van der Waals surface area (Å²) in [5.74, 6) is 0. The number of benzene rings is 2. The second-order valence-electron chi connectivity index (χ2n) is 3.63. The largest absolute Gasteiger partial charge is 0.692 e. The van der Waals surface area contributed by atoms with Crippen molar-refractivity contribution in [3.05, 3.63) is 58.8 Å². The number of para-hydroxylation sites is 1. The molecule has 3 rings (SSSR count). The van der Waals surface area contributed by atoms with E-state index < -0.39 is 0 Å². The molecule has 0 N–H and O–H groups in total. The van der Waals surface area contributed by atoms with Crippen molar-refractivity contribution >= 4 is 22.6 Å². The smallest absolute Gasteiger partial charge is 0.250 e. The van der Waals surface area contributed by atoms with Gasteiger partial charge in [-0.1, -0.05) is 23.7 Å². The zero-order valence-electron chi connectivity index (χ0n) is 8.75. The van der Waals surface area contributed by atoms with E-state index in [4.69, 9.17) is 11.6 Å². The van der Waals surface area contributed by atoms with Gasteiger partial charge in [0.25, 0.3) is 0 Å². The predicted octanol–water partition coefficient (Wildman–Crippen LogP) is 2.31. The first-order chi connectivity index (χ1) is 8.25. The molecule has 1 aromatic heterocycles.